The Hall–Kier alpha value is -0.670. The Labute approximate surface area is 94.8 Å². The molecule has 1 saturated heterocycles. The highest BCUT2D eigenvalue weighted by molar-refractivity contribution is 6.30. The first-order valence-electron chi connectivity index (χ1n) is 5.28. The predicted molar refractivity (Wildman–Crippen MR) is 59.2 cm³/mol. The van der Waals surface area contributed by atoms with Gasteiger partial charge in [-0.1, -0.05) is 11.6 Å². The van der Waals surface area contributed by atoms with Crippen LogP contribution in [-0.4, -0.2) is 22.7 Å². The van der Waals surface area contributed by atoms with Gasteiger partial charge in [-0.15, -0.1) is 0 Å². The van der Waals surface area contributed by atoms with E-state index in [0.717, 1.165) is 43.0 Å². The highest BCUT2D eigenvalue weighted by atomic mass is 35.5. The van der Waals surface area contributed by atoms with Crippen LogP contribution in [-0.2, 0) is 11.2 Å². The van der Waals surface area contributed by atoms with Gasteiger partial charge in [-0.2, -0.15) is 0 Å². The molecule has 1 atom stereocenters. The molecule has 0 bridgehead atoms. The van der Waals surface area contributed by atoms with Gasteiger partial charge in [-0.05, 0) is 26.7 Å². The molecule has 1 aromatic heterocycles. The van der Waals surface area contributed by atoms with Crippen molar-refractivity contribution in [2.75, 3.05) is 6.61 Å². The Kier molecular flexibility index (Phi) is 3.22. The molecule has 2 rings (SSSR count). The molecule has 4 heteroatoms. The molecule has 0 saturated carbocycles. The quantitative estimate of drug-likeness (QED) is 0.727. The highest BCUT2D eigenvalue weighted by Crippen LogP contribution is 2.19. The second-order valence-corrected chi connectivity index (χ2v) is 4.34. The summed E-state index contributed by atoms with van der Waals surface area (Å²) in [6.07, 6.45) is 3.31. The van der Waals surface area contributed by atoms with Crippen molar-refractivity contribution in [1.82, 2.24) is 9.97 Å². The van der Waals surface area contributed by atoms with Crippen LogP contribution < -0.4 is 0 Å². The van der Waals surface area contributed by atoms with Gasteiger partial charge >= 0.3 is 0 Å². The van der Waals surface area contributed by atoms with E-state index in [4.69, 9.17) is 16.3 Å². The minimum absolute atomic E-state index is 0.281. The molecular weight excluding hydrogens is 212 g/mol. The lowest BCUT2D eigenvalue weighted by Crippen LogP contribution is -2.12. The smallest absolute Gasteiger partial charge is 0.135 e. The fourth-order valence-corrected chi connectivity index (χ4v) is 1.98. The van der Waals surface area contributed by atoms with Crippen LogP contribution in [0.1, 0.15) is 29.9 Å². The van der Waals surface area contributed by atoms with Gasteiger partial charge in [0.25, 0.3) is 0 Å². The number of aryl methyl sites for hydroxylation is 1. The number of aromatic nitrogens is 2. The molecule has 1 aliphatic rings. The van der Waals surface area contributed by atoms with E-state index in [-0.39, 0.29) is 6.10 Å². The lowest BCUT2D eigenvalue weighted by atomic mass is 10.1. The molecule has 0 amide bonds. The van der Waals surface area contributed by atoms with Crippen molar-refractivity contribution in [1.29, 1.82) is 0 Å². The summed E-state index contributed by atoms with van der Waals surface area (Å²) in [6.45, 7) is 4.76. The second kappa shape index (κ2) is 4.45. The fraction of sp³-hybridized carbons (Fsp3) is 0.636. The maximum absolute atomic E-state index is 6.01. The zero-order valence-corrected chi connectivity index (χ0v) is 9.84. The van der Waals surface area contributed by atoms with E-state index in [0.29, 0.717) is 5.15 Å². The Morgan fingerprint density at radius 3 is 2.80 bits per heavy atom. The number of hydrogen-bond donors (Lipinski definition) is 0. The van der Waals surface area contributed by atoms with Crippen LogP contribution >= 0.6 is 11.6 Å². The van der Waals surface area contributed by atoms with Gasteiger partial charge in [0, 0.05) is 24.3 Å². The summed E-state index contributed by atoms with van der Waals surface area (Å²) >= 11 is 6.01. The van der Waals surface area contributed by atoms with Crippen LogP contribution in [0.15, 0.2) is 0 Å². The van der Waals surface area contributed by atoms with Crippen molar-refractivity contribution in [3.8, 4) is 0 Å². The Morgan fingerprint density at radius 1 is 1.40 bits per heavy atom. The van der Waals surface area contributed by atoms with E-state index in [1.807, 2.05) is 13.8 Å². The summed E-state index contributed by atoms with van der Waals surface area (Å²) in [6, 6.07) is 0. The summed E-state index contributed by atoms with van der Waals surface area (Å²) in [4.78, 5) is 8.69. The van der Waals surface area contributed by atoms with Gasteiger partial charge in [0.2, 0.25) is 0 Å². The molecule has 1 aliphatic heterocycles. The zero-order chi connectivity index (χ0) is 10.8. The van der Waals surface area contributed by atoms with Gasteiger partial charge in [-0.25, -0.2) is 9.97 Å². The fourth-order valence-electron chi connectivity index (χ4n) is 1.75. The molecule has 15 heavy (non-hydrogen) atoms. The molecule has 0 radical (unpaired) electrons. The third-order valence-corrected chi connectivity index (χ3v) is 3.18. The maximum Gasteiger partial charge on any atom is 0.135 e. The predicted octanol–water partition coefficient (Wildman–Crippen LogP) is 2.47. The number of ether oxygens (including phenoxy) is 1. The lowest BCUT2D eigenvalue weighted by molar-refractivity contribution is 0.110. The average molecular weight is 227 g/mol. The minimum atomic E-state index is 0.281. The summed E-state index contributed by atoms with van der Waals surface area (Å²) in [5, 5.41) is 0.565. The summed E-state index contributed by atoms with van der Waals surface area (Å²) < 4.78 is 5.54. The van der Waals surface area contributed by atoms with Crippen LogP contribution in [0, 0.1) is 13.8 Å². The van der Waals surface area contributed by atoms with E-state index < -0.39 is 0 Å². The molecule has 0 aliphatic carbocycles. The lowest BCUT2D eigenvalue weighted by Gasteiger charge is -2.10. The summed E-state index contributed by atoms with van der Waals surface area (Å²) in [7, 11) is 0. The molecule has 0 aromatic carbocycles. The zero-order valence-electron chi connectivity index (χ0n) is 9.09. The first-order chi connectivity index (χ1) is 7.16. The van der Waals surface area contributed by atoms with Crippen molar-refractivity contribution in [2.24, 2.45) is 0 Å². The third kappa shape index (κ3) is 2.47. The van der Waals surface area contributed by atoms with Gasteiger partial charge in [0.1, 0.15) is 11.0 Å². The molecule has 82 valence electrons. The molecule has 0 spiro atoms. The van der Waals surface area contributed by atoms with Crippen LogP contribution in [0.3, 0.4) is 0 Å². The number of hydrogen-bond acceptors (Lipinski definition) is 3. The first kappa shape index (κ1) is 10.8. The van der Waals surface area contributed by atoms with Gasteiger partial charge < -0.3 is 4.74 Å². The van der Waals surface area contributed by atoms with E-state index >= 15 is 0 Å². The van der Waals surface area contributed by atoms with E-state index in [9.17, 15) is 0 Å². The van der Waals surface area contributed by atoms with Crippen molar-refractivity contribution in [2.45, 2.75) is 39.2 Å². The normalized spacial score (nSPS) is 20.9. The minimum Gasteiger partial charge on any atom is -0.378 e. The van der Waals surface area contributed by atoms with Crippen LogP contribution in [0.25, 0.3) is 0 Å². The average Bonchev–Trinajstić information content (AvgIpc) is 2.66. The number of rotatable bonds is 2. The van der Waals surface area contributed by atoms with Gasteiger partial charge in [-0.3, -0.25) is 0 Å². The molecule has 1 unspecified atom stereocenters. The molecule has 0 N–H and O–H groups in total. The van der Waals surface area contributed by atoms with Crippen molar-refractivity contribution in [3.63, 3.8) is 0 Å². The van der Waals surface area contributed by atoms with Crippen LogP contribution in [0.4, 0.5) is 0 Å². The highest BCUT2D eigenvalue weighted by Gasteiger charge is 2.18. The Bertz CT molecular complexity index is 339. The third-order valence-electron chi connectivity index (χ3n) is 2.81. The topological polar surface area (TPSA) is 35.0 Å². The van der Waals surface area contributed by atoms with Crippen molar-refractivity contribution in [3.05, 3.63) is 22.2 Å². The summed E-state index contributed by atoms with van der Waals surface area (Å²) in [5.74, 6) is 0.801. The molecule has 2 heterocycles. The van der Waals surface area contributed by atoms with Gasteiger partial charge in [0.05, 0.1) is 6.10 Å². The van der Waals surface area contributed by atoms with Crippen LogP contribution in [0.5, 0.6) is 0 Å². The Morgan fingerprint density at radius 2 is 2.20 bits per heavy atom. The van der Waals surface area contributed by atoms with E-state index in [1.165, 1.54) is 0 Å². The monoisotopic (exact) mass is 226 g/mol. The van der Waals surface area contributed by atoms with Crippen molar-refractivity contribution >= 4 is 11.6 Å². The largest absolute Gasteiger partial charge is 0.378 e. The molecule has 3 nitrogen and oxygen atoms in total. The van der Waals surface area contributed by atoms with Crippen molar-refractivity contribution < 1.29 is 4.74 Å². The molecular formula is C11H15ClN2O. The maximum atomic E-state index is 6.01. The second-order valence-electron chi connectivity index (χ2n) is 3.98. The molecule has 1 fully saturated rings. The first-order valence-corrected chi connectivity index (χ1v) is 5.66. The SMILES string of the molecule is Cc1nc(CC2CCCO2)nc(Cl)c1C. The molecule has 1 aromatic rings. The van der Waals surface area contributed by atoms with E-state index in [2.05, 4.69) is 9.97 Å². The van der Waals surface area contributed by atoms with E-state index in [1.54, 1.807) is 0 Å². The van der Waals surface area contributed by atoms with Crippen LogP contribution in [0.2, 0.25) is 5.15 Å². The summed E-state index contributed by atoms with van der Waals surface area (Å²) in [5.41, 5.74) is 1.93. The van der Waals surface area contributed by atoms with Gasteiger partial charge in [0.15, 0.2) is 0 Å². The standard InChI is InChI=1S/C11H15ClN2O/c1-7-8(2)13-10(14-11(7)12)6-9-4-3-5-15-9/h9H,3-6H2,1-2H3. The number of nitrogens with zero attached hydrogens (tertiary/aromatic N) is 2. The number of halogens is 1. The Balaban J connectivity index is 2.14.